The molecule has 1 fully saturated rings. The first-order chi connectivity index (χ1) is 8.86. The number of hydrogen-bond acceptors (Lipinski definition) is 3. The molecule has 2 heterocycles. The lowest BCUT2D eigenvalue weighted by Gasteiger charge is -2.30. The molecule has 1 saturated heterocycles. The van der Waals surface area contributed by atoms with Crippen molar-refractivity contribution in [2.45, 2.75) is 22.7 Å². The Balaban J connectivity index is 1.78. The van der Waals surface area contributed by atoms with Crippen LogP contribution in [-0.2, 0) is 4.74 Å². The molecule has 1 aromatic carbocycles. The number of ether oxygens (including phenoxy) is 1. The smallest absolute Gasteiger partial charge is 0.0736 e. The summed E-state index contributed by atoms with van der Waals surface area (Å²) in [5, 5.41) is 6.38. The van der Waals surface area contributed by atoms with E-state index in [9.17, 15) is 0 Å². The van der Waals surface area contributed by atoms with Gasteiger partial charge in [0, 0.05) is 28.8 Å². The molecule has 0 amide bonds. The Morgan fingerprint density at radius 3 is 3.11 bits per heavy atom. The van der Waals surface area contributed by atoms with E-state index in [0.717, 1.165) is 19.6 Å². The zero-order valence-electron chi connectivity index (χ0n) is 10.5. The van der Waals surface area contributed by atoms with Gasteiger partial charge in [0.05, 0.1) is 11.6 Å². The zero-order chi connectivity index (χ0) is 12.4. The van der Waals surface area contributed by atoms with E-state index in [0.29, 0.717) is 11.3 Å². The summed E-state index contributed by atoms with van der Waals surface area (Å²) in [6.45, 7) is 1.70. The summed E-state index contributed by atoms with van der Waals surface area (Å²) in [4.78, 5) is 3.47. The number of aromatic amines is 1. The first-order valence-corrected chi connectivity index (χ1v) is 7.24. The van der Waals surface area contributed by atoms with Crippen LogP contribution >= 0.6 is 11.8 Å². The monoisotopic (exact) mass is 262 g/mol. The van der Waals surface area contributed by atoms with Crippen molar-refractivity contribution < 1.29 is 4.74 Å². The normalized spacial score (nSPS) is 24.5. The SMILES string of the molecule is CNC1CCOCC1Sc1cc2ccccc2[nH]1. The average molecular weight is 262 g/mol. The lowest BCUT2D eigenvalue weighted by atomic mass is 10.1. The molecule has 0 spiro atoms. The van der Waals surface area contributed by atoms with Crippen LogP contribution in [0.1, 0.15) is 6.42 Å². The van der Waals surface area contributed by atoms with Gasteiger partial charge in [-0.25, -0.2) is 0 Å². The summed E-state index contributed by atoms with van der Waals surface area (Å²) < 4.78 is 5.59. The number of H-pyrrole nitrogens is 1. The fraction of sp³-hybridized carbons (Fsp3) is 0.429. The minimum absolute atomic E-state index is 0.483. The molecule has 0 aliphatic carbocycles. The highest BCUT2D eigenvalue weighted by molar-refractivity contribution is 8.00. The van der Waals surface area contributed by atoms with Gasteiger partial charge < -0.3 is 15.0 Å². The van der Waals surface area contributed by atoms with Crippen LogP contribution in [0.5, 0.6) is 0 Å². The summed E-state index contributed by atoms with van der Waals surface area (Å²) in [5.41, 5.74) is 1.21. The van der Waals surface area contributed by atoms with Crippen molar-refractivity contribution in [1.82, 2.24) is 10.3 Å². The quantitative estimate of drug-likeness (QED) is 0.893. The fourth-order valence-electron chi connectivity index (χ4n) is 2.43. The second-order valence-electron chi connectivity index (χ2n) is 4.64. The van der Waals surface area contributed by atoms with Gasteiger partial charge in [-0.3, -0.25) is 0 Å². The summed E-state index contributed by atoms with van der Waals surface area (Å²) in [5.74, 6) is 0. The molecular weight excluding hydrogens is 244 g/mol. The molecular formula is C14H18N2OS. The molecule has 0 radical (unpaired) electrons. The highest BCUT2D eigenvalue weighted by atomic mass is 32.2. The highest BCUT2D eigenvalue weighted by Gasteiger charge is 2.25. The van der Waals surface area contributed by atoms with Crippen molar-refractivity contribution in [3.8, 4) is 0 Å². The van der Waals surface area contributed by atoms with E-state index in [1.165, 1.54) is 15.9 Å². The first kappa shape index (κ1) is 12.1. The van der Waals surface area contributed by atoms with Crippen LogP contribution in [0.25, 0.3) is 10.9 Å². The van der Waals surface area contributed by atoms with Crippen molar-refractivity contribution in [2.24, 2.45) is 0 Å². The molecule has 1 aliphatic rings. The van der Waals surface area contributed by atoms with Crippen LogP contribution in [-0.4, -0.2) is 36.5 Å². The van der Waals surface area contributed by atoms with Crippen molar-refractivity contribution in [1.29, 1.82) is 0 Å². The van der Waals surface area contributed by atoms with E-state index in [2.05, 4.69) is 40.6 Å². The molecule has 2 N–H and O–H groups in total. The lowest BCUT2D eigenvalue weighted by Crippen LogP contribution is -2.43. The van der Waals surface area contributed by atoms with Crippen molar-refractivity contribution in [3.63, 3.8) is 0 Å². The predicted molar refractivity (Wildman–Crippen MR) is 76.2 cm³/mol. The molecule has 1 aromatic heterocycles. The standard InChI is InChI=1S/C14H18N2OS/c1-15-12-6-7-17-9-13(12)18-14-8-10-4-2-3-5-11(10)16-14/h2-5,8,12-13,15-16H,6-7,9H2,1H3. The highest BCUT2D eigenvalue weighted by Crippen LogP contribution is 2.30. The second-order valence-corrected chi connectivity index (χ2v) is 5.92. The molecule has 3 rings (SSSR count). The van der Waals surface area contributed by atoms with Gasteiger partial charge in [0.15, 0.2) is 0 Å². The van der Waals surface area contributed by atoms with Crippen molar-refractivity contribution in [3.05, 3.63) is 30.3 Å². The Labute approximate surface area is 111 Å². The minimum Gasteiger partial charge on any atom is -0.380 e. The Morgan fingerprint density at radius 2 is 2.28 bits per heavy atom. The summed E-state index contributed by atoms with van der Waals surface area (Å²) >= 11 is 1.88. The third-order valence-electron chi connectivity index (χ3n) is 3.46. The fourth-order valence-corrected chi connectivity index (χ4v) is 3.72. The van der Waals surface area contributed by atoms with E-state index >= 15 is 0 Å². The van der Waals surface area contributed by atoms with Gasteiger partial charge in [-0.1, -0.05) is 18.2 Å². The third kappa shape index (κ3) is 2.41. The molecule has 2 aromatic rings. The molecule has 18 heavy (non-hydrogen) atoms. The largest absolute Gasteiger partial charge is 0.380 e. The van der Waals surface area contributed by atoms with Crippen LogP contribution in [0.4, 0.5) is 0 Å². The van der Waals surface area contributed by atoms with Gasteiger partial charge in [-0.05, 0) is 25.6 Å². The Kier molecular flexibility index (Phi) is 3.59. The molecule has 0 bridgehead atoms. The number of para-hydroxylation sites is 1. The van der Waals surface area contributed by atoms with Gasteiger partial charge >= 0.3 is 0 Å². The van der Waals surface area contributed by atoms with Crippen LogP contribution in [0.2, 0.25) is 0 Å². The van der Waals surface area contributed by atoms with Crippen molar-refractivity contribution in [2.75, 3.05) is 20.3 Å². The number of hydrogen-bond donors (Lipinski definition) is 2. The third-order valence-corrected chi connectivity index (χ3v) is 4.70. The Morgan fingerprint density at radius 1 is 1.39 bits per heavy atom. The van der Waals surface area contributed by atoms with E-state index in [1.54, 1.807) is 0 Å². The number of fused-ring (bicyclic) bond motifs is 1. The second kappa shape index (κ2) is 5.34. The van der Waals surface area contributed by atoms with Crippen LogP contribution in [0, 0.1) is 0 Å². The molecule has 3 nitrogen and oxygen atoms in total. The maximum Gasteiger partial charge on any atom is 0.0736 e. The van der Waals surface area contributed by atoms with E-state index in [1.807, 2.05) is 18.8 Å². The number of aromatic nitrogens is 1. The van der Waals surface area contributed by atoms with Gasteiger partial charge in [0.2, 0.25) is 0 Å². The summed E-state index contributed by atoms with van der Waals surface area (Å²) in [6.07, 6.45) is 1.09. The number of thioether (sulfide) groups is 1. The van der Waals surface area contributed by atoms with E-state index in [-0.39, 0.29) is 0 Å². The summed E-state index contributed by atoms with van der Waals surface area (Å²) in [6, 6.07) is 11.2. The van der Waals surface area contributed by atoms with E-state index < -0.39 is 0 Å². The topological polar surface area (TPSA) is 37.0 Å². The Hall–Kier alpha value is -0.970. The van der Waals surface area contributed by atoms with E-state index in [4.69, 9.17) is 4.74 Å². The van der Waals surface area contributed by atoms with Crippen LogP contribution in [0.3, 0.4) is 0 Å². The molecule has 1 aliphatic heterocycles. The van der Waals surface area contributed by atoms with Crippen LogP contribution in [0.15, 0.2) is 35.4 Å². The first-order valence-electron chi connectivity index (χ1n) is 6.36. The maximum absolute atomic E-state index is 5.59. The lowest BCUT2D eigenvalue weighted by molar-refractivity contribution is 0.0850. The number of nitrogens with one attached hydrogen (secondary N) is 2. The van der Waals surface area contributed by atoms with Crippen LogP contribution < -0.4 is 5.32 Å². The molecule has 96 valence electrons. The minimum atomic E-state index is 0.483. The summed E-state index contributed by atoms with van der Waals surface area (Å²) in [7, 11) is 2.04. The maximum atomic E-state index is 5.59. The van der Waals surface area contributed by atoms with Gasteiger partial charge in [0.25, 0.3) is 0 Å². The van der Waals surface area contributed by atoms with Gasteiger partial charge in [-0.2, -0.15) is 0 Å². The average Bonchev–Trinajstić information content (AvgIpc) is 2.81. The molecule has 0 saturated carbocycles. The molecule has 2 unspecified atom stereocenters. The number of rotatable bonds is 3. The van der Waals surface area contributed by atoms with Gasteiger partial charge in [-0.15, -0.1) is 11.8 Å². The Bertz CT molecular complexity index is 492. The van der Waals surface area contributed by atoms with Gasteiger partial charge in [0.1, 0.15) is 0 Å². The number of benzene rings is 1. The molecule has 2 atom stereocenters. The predicted octanol–water partition coefficient (Wildman–Crippen LogP) is 2.64. The molecule has 4 heteroatoms. The van der Waals surface area contributed by atoms with Crippen molar-refractivity contribution >= 4 is 22.7 Å². The zero-order valence-corrected chi connectivity index (χ0v) is 11.3.